The van der Waals surface area contributed by atoms with E-state index in [4.69, 9.17) is 17.3 Å². The molecule has 1 fully saturated rings. The van der Waals surface area contributed by atoms with Crippen molar-refractivity contribution in [2.75, 3.05) is 31.1 Å². The highest BCUT2D eigenvalue weighted by molar-refractivity contribution is 6.30. The Morgan fingerprint density at radius 1 is 1.17 bits per heavy atom. The molecule has 1 aliphatic rings. The Bertz CT molecular complexity index is 568. The number of nitrogens with two attached hydrogens (primary N) is 1. The molecule has 7 heteroatoms. The number of carbonyl (C=O) groups excluding carboxylic acids is 2. The molecule has 3 N–H and O–H groups in total. The van der Waals surface area contributed by atoms with Gasteiger partial charge in [0.1, 0.15) is 6.04 Å². The van der Waals surface area contributed by atoms with Crippen LogP contribution < -0.4 is 16.0 Å². The van der Waals surface area contributed by atoms with E-state index in [0.29, 0.717) is 30.5 Å². The Labute approximate surface area is 147 Å². The second-order valence-corrected chi connectivity index (χ2v) is 6.92. The second-order valence-electron chi connectivity index (χ2n) is 6.48. The topological polar surface area (TPSA) is 78.7 Å². The number of hydrogen-bond acceptors (Lipinski definition) is 3. The highest BCUT2D eigenvalue weighted by Crippen LogP contribution is 2.20. The van der Waals surface area contributed by atoms with Gasteiger partial charge >= 0.3 is 6.03 Å². The molecule has 0 radical (unpaired) electrons. The van der Waals surface area contributed by atoms with Crippen LogP contribution in [0.1, 0.15) is 20.3 Å². The zero-order valence-electron chi connectivity index (χ0n) is 14.2. The fourth-order valence-corrected chi connectivity index (χ4v) is 3.05. The number of carbonyl (C=O) groups is 2. The summed E-state index contributed by atoms with van der Waals surface area (Å²) < 4.78 is 0. The number of nitrogens with zero attached hydrogens (tertiary/aromatic N) is 2. The van der Waals surface area contributed by atoms with Crippen molar-refractivity contribution < 1.29 is 9.59 Å². The first-order valence-electron chi connectivity index (χ1n) is 8.22. The first-order chi connectivity index (χ1) is 11.4. The second kappa shape index (κ2) is 8.24. The molecule has 1 aliphatic heterocycles. The summed E-state index contributed by atoms with van der Waals surface area (Å²) in [6, 6.07) is 6.48. The molecule has 24 heavy (non-hydrogen) atoms. The molecule has 1 aromatic carbocycles. The van der Waals surface area contributed by atoms with Crippen molar-refractivity contribution in [3.05, 3.63) is 29.3 Å². The van der Waals surface area contributed by atoms with Crippen molar-refractivity contribution in [1.29, 1.82) is 0 Å². The predicted octanol–water partition coefficient (Wildman–Crippen LogP) is 2.07. The van der Waals surface area contributed by atoms with Crippen LogP contribution in [0.15, 0.2) is 24.3 Å². The monoisotopic (exact) mass is 352 g/mol. The summed E-state index contributed by atoms with van der Waals surface area (Å²) in [4.78, 5) is 27.9. The Kier molecular flexibility index (Phi) is 6.31. The maximum Gasteiger partial charge on any atom is 0.312 e. The van der Waals surface area contributed by atoms with Crippen LogP contribution in [0.5, 0.6) is 0 Å². The summed E-state index contributed by atoms with van der Waals surface area (Å²) >= 11 is 5.92. The lowest BCUT2D eigenvalue weighted by Crippen LogP contribution is -2.56. The molecule has 1 unspecified atom stereocenters. The van der Waals surface area contributed by atoms with Gasteiger partial charge in [-0.1, -0.05) is 25.4 Å². The Morgan fingerprint density at radius 2 is 1.75 bits per heavy atom. The van der Waals surface area contributed by atoms with Gasteiger partial charge in [0.05, 0.1) is 0 Å². The Morgan fingerprint density at radius 3 is 2.25 bits per heavy atom. The number of primary amides is 1. The van der Waals surface area contributed by atoms with Crippen molar-refractivity contribution in [2.24, 2.45) is 11.7 Å². The predicted molar refractivity (Wildman–Crippen MR) is 96.2 cm³/mol. The Hall–Kier alpha value is -1.95. The normalized spacial score (nSPS) is 16.2. The third-order valence-electron chi connectivity index (χ3n) is 4.10. The number of amides is 3. The van der Waals surface area contributed by atoms with Crippen molar-refractivity contribution in [2.45, 2.75) is 26.3 Å². The minimum Gasteiger partial charge on any atom is -0.368 e. The van der Waals surface area contributed by atoms with E-state index in [1.807, 2.05) is 38.1 Å². The summed E-state index contributed by atoms with van der Waals surface area (Å²) in [6.07, 6.45) is 0.583. The van der Waals surface area contributed by atoms with Gasteiger partial charge in [0.15, 0.2) is 0 Å². The highest BCUT2D eigenvalue weighted by Gasteiger charge is 2.28. The number of rotatable bonds is 5. The van der Waals surface area contributed by atoms with Crippen molar-refractivity contribution in [3.63, 3.8) is 0 Å². The van der Waals surface area contributed by atoms with Crippen LogP contribution >= 0.6 is 11.6 Å². The number of nitrogens with one attached hydrogen (secondary N) is 1. The largest absolute Gasteiger partial charge is 0.368 e. The van der Waals surface area contributed by atoms with Gasteiger partial charge in [-0.25, -0.2) is 4.79 Å². The first-order valence-corrected chi connectivity index (χ1v) is 8.60. The highest BCUT2D eigenvalue weighted by atomic mass is 35.5. The minimum absolute atomic E-state index is 0.0572. The van der Waals surface area contributed by atoms with Crippen LogP contribution in [0, 0.1) is 5.92 Å². The van der Waals surface area contributed by atoms with Crippen molar-refractivity contribution in [1.82, 2.24) is 10.2 Å². The maximum absolute atomic E-state index is 12.7. The van der Waals surface area contributed by atoms with Crippen LogP contribution in [-0.2, 0) is 4.79 Å². The molecule has 2 rings (SSSR count). The number of hydrogen-bond donors (Lipinski definition) is 2. The van der Waals surface area contributed by atoms with Gasteiger partial charge in [0.25, 0.3) is 0 Å². The molecular weight excluding hydrogens is 328 g/mol. The van der Waals surface area contributed by atoms with Crippen LogP contribution in [0.4, 0.5) is 10.5 Å². The minimum atomic E-state index is -0.659. The van der Waals surface area contributed by atoms with Crippen LogP contribution in [0.2, 0.25) is 5.02 Å². The number of benzene rings is 1. The first kappa shape index (κ1) is 18.4. The molecule has 0 aliphatic carbocycles. The molecule has 6 nitrogen and oxygen atoms in total. The summed E-state index contributed by atoms with van der Waals surface area (Å²) in [5, 5.41) is 3.29. The van der Waals surface area contributed by atoms with E-state index < -0.39 is 12.1 Å². The lowest BCUT2D eigenvalue weighted by molar-refractivity contribution is -0.133. The quantitative estimate of drug-likeness (QED) is 0.851. The summed E-state index contributed by atoms with van der Waals surface area (Å²) in [6.45, 7) is 6.77. The average Bonchev–Trinajstić information content (AvgIpc) is 2.53. The fourth-order valence-electron chi connectivity index (χ4n) is 2.92. The third-order valence-corrected chi connectivity index (χ3v) is 4.36. The van der Waals surface area contributed by atoms with Crippen LogP contribution in [0.3, 0.4) is 0 Å². The number of piperazine rings is 1. The van der Waals surface area contributed by atoms with Gasteiger partial charge in [-0.2, -0.15) is 0 Å². The van der Waals surface area contributed by atoms with Gasteiger partial charge in [0, 0.05) is 36.9 Å². The zero-order chi connectivity index (χ0) is 17.7. The van der Waals surface area contributed by atoms with E-state index in [2.05, 4.69) is 10.2 Å². The Balaban J connectivity index is 1.95. The van der Waals surface area contributed by atoms with Gasteiger partial charge in [-0.05, 0) is 36.6 Å². The van der Waals surface area contributed by atoms with Gasteiger partial charge in [-0.15, -0.1) is 0 Å². The van der Waals surface area contributed by atoms with E-state index in [9.17, 15) is 9.59 Å². The SMILES string of the molecule is CC(C)CC(NC(N)=O)C(=O)N1CCN(c2ccc(Cl)cc2)CC1. The molecule has 0 spiro atoms. The molecule has 1 aromatic rings. The van der Waals surface area contributed by atoms with Crippen molar-refractivity contribution in [3.8, 4) is 0 Å². The molecule has 0 aromatic heterocycles. The fraction of sp³-hybridized carbons (Fsp3) is 0.529. The molecule has 132 valence electrons. The van der Waals surface area contributed by atoms with Gasteiger partial charge in [0.2, 0.25) is 5.91 Å². The molecule has 0 saturated carbocycles. The van der Waals surface area contributed by atoms with Crippen LogP contribution in [0.25, 0.3) is 0 Å². The zero-order valence-corrected chi connectivity index (χ0v) is 14.9. The number of urea groups is 1. The average molecular weight is 353 g/mol. The molecule has 1 heterocycles. The summed E-state index contributed by atoms with van der Waals surface area (Å²) in [7, 11) is 0. The van der Waals surface area contributed by atoms with E-state index in [-0.39, 0.29) is 5.91 Å². The standard InChI is InChI=1S/C17H25ClN4O2/c1-12(2)11-15(20-17(19)24)16(23)22-9-7-21(8-10-22)14-5-3-13(18)4-6-14/h3-6,12,15H,7-11H2,1-2H3,(H3,19,20,24). The molecular formula is C17H25ClN4O2. The maximum atomic E-state index is 12.7. The van der Waals surface area contributed by atoms with E-state index in [1.54, 1.807) is 4.90 Å². The van der Waals surface area contributed by atoms with Gasteiger partial charge < -0.3 is 20.9 Å². The number of halogens is 1. The third kappa shape index (κ3) is 5.03. The lowest BCUT2D eigenvalue weighted by Gasteiger charge is -2.37. The summed E-state index contributed by atoms with van der Waals surface area (Å²) in [5.74, 6) is 0.236. The van der Waals surface area contributed by atoms with E-state index in [1.165, 1.54) is 0 Å². The lowest BCUT2D eigenvalue weighted by atomic mass is 10.0. The molecule has 1 atom stereocenters. The van der Waals surface area contributed by atoms with E-state index >= 15 is 0 Å². The van der Waals surface area contributed by atoms with E-state index in [0.717, 1.165) is 18.8 Å². The smallest absolute Gasteiger partial charge is 0.312 e. The van der Waals surface area contributed by atoms with Gasteiger partial charge in [-0.3, -0.25) is 4.79 Å². The summed E-state index contributed by atoms with van der Waals surface area (Å²) in [5.41, 5.74) is 6.30. The molecule has 0 bridgehead atoms. The van der Waals surface area contributed by atoms with Crippen molar-refractivity contribution >= 4 is 29.2 Å². The number of anilines is 1. The molecule has 3 amide bonds. The van der Waals surface area contributed by atoms with Crippen LogP contribution in [-0.4, -0.2) is 49.1 Å². The molecule has 1 saturated heterocycles.